The van der Waals surface area contributed by atoms with Gasteiger partial charge in [0.05, 0.1) is 6.04 Å². The zero-order chi connectivity index (χ0) is 18.6. The van der Waals surface area contributed by atoms with Gasteiger partial charge in [-0.15, -0.1) is 11.3 Å². The minimum atomic E-state index is 0.0415. The predicted octanol–water partition coefficient (Wildman–Crippen LogP) is 2.59. The van der Waals surface area contributed by atoms with Crippen LogP contribution in [0, 0.1) is 5.92 Å². The molecule has 3 aliphatic heterocycles. The third-order valence-corrected chi connectivity index (χ3v) is 7.24. The monoisotopic (exact) mass is 390 g/mol. The first-order valence-electron chi connectivity index (χ1n) is 10.3. The molecule has 4 heterocycles. The summed E-state index contributed by atoms with van der Waals surface area (Å²) in [6, 6.07) is 4.77. The highest BCUT2D eigenvalue weighted by atomic mass is 32.1. The van der Waals surface area contributed by atoms with Gasteiger partial charge in [0.2, 0.25) is 5.91 Å². The molecule has 0 saturated carbocycles. The Morgan fingerprint density at radius 1 is 1.26 bits per heavy atom. The van der Waals surface area contributed by atoms with Crippen LogP contribution in [0.25, 0.3) is 0 Å². The van der Waals surface area contributed by atoms with E-state index in [1.165, 1.54) is 17.7 Å². The number of carbonyl (C=O) groups excluding carboxylic acids is 2. The fraction of sp³-hybridized carbons (Fsp3) is 0.700. The molecule has 3 aliphatic rings. The van der Waals surface area contributed by atoms with E-state index in [4.69, 9.17) is 0 Å². The molecule has 6 nitrogen and oxygen atoms in total. The van der Waals surface area contributed by atoms with Gasteiger partial charge in [-0.05, 0) is 56.6 Å². The average molecular weight is 391 g/mol. The van der Waals surface area contributed by atoms with E-state index in [2.05, 4.69) is 33.0 Å². The molecule has 0 bridgehead atoms. The van der Waals surface area contributed by atoms with E-state index >= 15 is 0 Å². The number of nitrogens with zero attached hydrogens (tertiary/aromatic N) is 2. The quantitative estimate of drug-likeness (QED) is 0.812. The topological polar surface area (TPSA) is 64.7 Å². The first kappa shape index (κ1) is 18.7. The molecule has 2 N–H and O–H groups in total. The highest BCUT2D eigenvalue weighted by Crippen LogP contribution is 2.29. The number of hydrogen-bond acceptors (Lipinski definition) is 4. The molecule has 7 heteroatoms. The molecule has 148 valence electrons. The summed E-state index contributed by atoms with van der Waals surface area (Å²) in [5.41, 5.74) is 0. The standard InChI is InChI=1S/C20H30N4O2S/c25-19-12-15(13-21-19)16-6-1-2-10-24(16)20(26)22-14-17(18-7-5-11-27-18)23-8-3-4-9-23/h5,7,11,15-17H,1-4,6,8-10,12-14H2,(H,21,25)(H,22,26). The number of nitrogens with one attached hydrogen (secondary N) is 2. The molecule has 3 amide bonds. The van der Waals surface area contributed by atoms with Crippen molar-refractivity contribution in [2.24, 2.45) is 5.92 Å². The smallest absolute Gasteiger partial charge is 0.317 e. The molecule has 3 atom stereocenters. The molecule has 3 unspecified atom stereocenters. The molecule has 0 aliphatic carbocycles. The van der Waals surface area contributed by atoms with Gasteiger partial charge in [-0.2, -0.15) is 0 Å². The van der Waals surface area contributed by atoms with Gasteiger partial charge in [0.25, 0.3) is 0 Å². The molecule has 0 radical (unpaired) electrons. The van der Waals surface area contributed by atoms with Crippen LogP contribution in [0.5, 0.6) is 0 Å². The molecule has 27 heavy (non-hydrogen) atoms. The fourth-order valence-electron chi connectivity index (χ4n) is 4.83. The van der Waals surface area contributed by atoms with E-state index < -0.39 is 0 Å². The van der Waals surface area contributed by atoms with E-state index in [1.807, 2.05) is 4.90 Å². The number of piperidine rings is 1. The molecule has 3 fully saturated rings. The number of thiophene rings is 1. The highest BCUT2D eigenvalue weighted by molar-refractivity contribution is 7.10. The Hall–Kier alpha value is -1.60. The zero-order valence-corrected chi connectivity index (χ0v) is 16.7. The SMILES string of the molecule is O=C1CC(C2CCCCN2C(=O)NCC(c2cccs2)N2CCCC2)CN1. The van der Waals surface area contributed by atoms with Crippen molar-refractivity contribution in [2.75, 3.05) is 32.7 Å². The summed E-state index contributed by atoms with van der Waals surface area (Å²) in [7, 11) is 0. The molecular formula is C20H30N4O2S. The van der Waals surface area contributed by atoms with Crippen LogP contribution in [0.4, 0.5) is 4.79 Å². The van der Waals surface area contributed by atoms with Gasteiger partial charge in [-0.1, -0.05) is 6.07 Å². The van der Waals surface area contributed by atoms with Crippen molar-refractivity contribution in [3.8, 4) is 0 Å². The molecule has 0 aromatic carbocycles. The fourth-order valence-corrected chi connectivity index (χ4v) is 5.69. The molecule has 1 aromatic heterocycles. The van der Waals surface area contributed by atoms with Crippen LogP contribution < -0.4 is 10.6 Å². The Morgan fingerprint density at radius 2 is 2.07 bits per heavy atom. The van der Waals surface area contributed by atoms with Gasteiger partial charge in [0, 0.05) is 42.9 Å². The van der Waals surface area contributed by atoms with Crippen molar-refractivity contribution in [1.29, 1.82) is 0 Å². The average Bonchev–Trinajstić information content (AvgIpc) is 3.45. The Labute approximate surface area is 165 Å². The summed E-state index contributed by atoms with van der Waals surface area (Å²) >= 11 is 1.77. The number of hydrogen-bond donors (Lipinski definition) is 2. The van der Waals surface area contributed by atoms with Crippen LogP contribution in [-0.2, 0) is 4.79 Å². The number of rotatable bonds is 5. The normalized spacial score (nSPS) is 27.6. The molecule has 4 rings (SSSR count). The maximum Gasteiger partial charge on any atom is 0.317 e. The molecule has 3 saturated heterocycles. The van der Waals surface area contributed by atoms with Gasteiger partial charge >= 0.3 is 6.03 Å². The van der Waals surface area contributed by atoms with Crippen molar-refractivity contribution < 1.29 is 9.59 Å². The van der Waals surface area contributed by atoms with Crippen LogP contribution in [0.15, 0.2) is 17.5 Å². The molecular weight excluding hydrogens is 360 g/mol. The van der Waals surface area contributed by atoms with Crippen LogP contribution in [0.2, 0.25) is 0 Å². The van der Waals surface area contributed by atoms with Gasteiger partial charge in [0.15, 0.2) is 0 Å². The maximum absolute atomic E-state index is 13.0. The molecule has 1 aromatic rings. The Bertz CT molecular complexity index is 644. The lowest BCUT2D eigenvalue weighted by Crippen LogP contribution is -2.53. The second kappa shape index (κ2) is 8.61. The summed E-state index contributed by atoms with van der Waals surface area (Å²) in [6.45, 7) is 4.39. The summed E-state index contributed by atoms with van der Waals surface area (Å²) < 4.78 is 0. The predicted molar refractivity (Wildman–Crippen MR) is 107 cm³/mol. The largest absolute Gasteiger partial charge is 0.356 e. The first-order valence-corrected chi connectivity index (χ1v) is 11.2. The van der Waals surface area contributed by atoms with Crippen LogP contribution in [0.3, 0.4) is 0 Å². The van der Waals surface area contributed by atoms with Crippen molar-refractivity contribution >= 4 is 23.3 Å². The maximum atomic E-state index is 13.0. The van der Waals surface area contributed by atoms with Crippen LogP contribution >= 0.6 is 11.3 Å². The second-order valence-electron chi connectivity index (χ2n) is 7.99. The van der Waals surface area contributed by atoms with Crippen LogP contribution in [0.1, 0.15) is 49.4 Å². The van der Waals surface area contributed by atoms with Gasteiger partial charge in [0.1, 0.15) is 0 Å². The van der Waals surface area contributed by atoms with Crippen molar-refractivity contribution in [3.63, 3.8) is 0 Å². The van der Waals surface area contributed by atoms with Gasteiger partial charge in [-0.3, -0.25) is 9.69 Å². The lowest BCUT2D eigenvalue weighted by Gasteiger charge is -2.39. The van der Waals surface area contributed by atoms with Crippen LogP contribution in [-0.4, -0.2) is 60.5 Å². The van der Waals surface area contributed by atoms with E-state index in [9.17, 15) is 9.59 Å². The number of carbonyl (C=O) groups is 2. The van der Waals surface area contributed by atoms with E-state index in [0.29, 0.717) is 19.5 Å². The molecule has 0 spiro atoms. The minimum absolute atomic E-state index is 0.0415. The lowest BCUT2D eigenvalue weighted by atomic mass is 9.90. The van der Waals surface area contributed by atoms with E-state index in [1.54, 1.807) is 11.3 Å². The summed E-state index contributed by atoms with van der Waals surface area (Å²) in [5, 5.41) is 8.27. The van der Waals surface area contributed by atoms with Crippen molar-refractivity contribution in [2.45, 2.75) is 50.6 Å². The number of amides is 3. The summed E-state index contributed by atoms with van der Waals surface area (Å²) in [5.74, 6) is 0.382. The number of urea groups is 1. The van der Waals surface area contributed by atoms with Gasteiger partial charge < -0.3 is 15.5 Å². The summed E-state index contributed by atoms with van der Waals surface area (Å²) in [4.78, 5) is 30.5. The number of likely N-dealkylation sites (tertiary alicyclic amines) is 2. The zero-order valence-electron chi connectivity index (χ0n) is 15.9. The Morgan fingerprint density at radius 3 is 2.78 bits per heavy atom. The summed E-state index contributed by atoms with van der Waals surface area (Å²) in [6.07, 6.45) is 6.25. The van der Waals surface area contributed by atoms with Crippen molar-refractivity contribution in [1.82, 2.24) is 20.4 Å². The highest BCUT2D eigenvalue weighted by Gasteiger charge is 2.37. The third-order valence-electron chi connectivity index (χ3n) is 6.26. The minimum Gasteiger partial charge on any atom is -0.356 e. The Kier molecular flexibility index (Phi) is 5.98. The van der Waals surface area contributed by atoms with Crippen molar-refractivity contribution in [3.05, 3.63) is 22.4 Å². The van der Waals surface area contributed by atoms with E-state index in [-0.39, 0.29) is 29.9 Å². The third kappa shape index (κ3) is 4.29. The lowest BCUT2D eigenvalue weighted by molar-refractivity contribution is -0.119. The second-order valence-corrected chi connectivity index (χ2v) is 8.96. The Balaban J connectivity index is 1.39. The van der Waals surface area contributed by atoms with Gasteiger partial charge in [-0.25, -0.2) is 4.79 Å². The van der Waals surface area contributed by atoms with E-state index in [0.717, 1.165) is 38.9 Å². The first-order chi connectivity index (χ1) is 13.2.